The molecule has 0 aliphatic carbocycles. The number of rotatable bonds is 4. The molecule has 0 bridgehead atoms. The third kappa shape index (κ3) is 3.01. The molecule has 0 fully saturated rings. The van der Waals surface area contributed by atoms with E-state index in [-0.39, 0.29) is 17.4 Å². The maximum Gasteiger partial charge on any atom is 0.271 e. The van der Waals surface area contributed by atoms with E-state index < -0.39 is 0 Å². The number of fused-ring (bicyclic) bond motifs is 1. The van der Waals surface area contributed by atoms with Gasteiger partial charge in [0.1, 0.15) is 0 Å². The highest BCUT2D eigenvalue weighted by Crippen LogP contribution is 2.26. The van der Waals surface area contributed by atoms with Gasteiger partial charge in [0.25, 0.3) is 5.91 Å². The number of methoxy groups -OCH3 is 1. The predicted molar refractivity (Wildman–Crippen MR) is 88.0 cm³/mol. The van der Waals surface area contributed by atoms with Gasteiger partial charge in [-0.1, -0.05) is 18.2 Å². The van der Waals surface area contributed by atoms with Crippen molar-refractivity contribution >= 4 is 23.0 Å². The molecule has 116 valence electrons. The van der Waals surface area contributed by atoms with Crippen LogP contribution in [0.15, 0.2) is 53.8 Å². The molecule has 2 aromatic carbocycles. The summed E-state index contributed by atoms with van der Waals surface area (Å²) in [6.45, 7) is 0. The molecule has 23 heavy (non-hydrogen) atoms. The van der Waals surface area contributed by atoms with Crippen molar-refractivity contribution in [3.05, 3.63) is 59.8 Å². The van der Waals surface area contributed by atoms with Crippen LogP contribution in [0.5, 0.6) is 11.5 Å². The molecule has 3 rings (SSSR count). The lowest BCUT2D eigenvalue weighted by molar-refractivity contribution is 0.0955. The van der Waals surface area contributed by atoms with E-state index >= 15 is 0 Å². The number of ether oxygens (including phenoxy) is 1. The SMILES string of the molecule is COc1cc(C(=O)N/N=C/c2c[nH]c3ccccc23)ccc1O. The number of nitrogens with zero attached hydrogens (tertiary/aromatic N) is 1. The first-order chi connectivity index (χ1) is 11.2. The van der Waals surface area contributed by atoms with Gasteiger partial charge in [-0.3, -0.25) is 4.79 Å². The molecule has 6 heteroatoms. The van der Waals surface area contributed by atoms with Crippen LogP contribution >= 0.6 is 0 Å². The van der Waals surface area contributed by atoms with E-state index in [4.69, 9.17) is 4.74 Å². The fourth-order valence-corrected chi connectivity index (χ4v) is 2.24. The molecule has 3 aromatic rings. The summed E-state index contributed by atoms with van der Waals surface area (Å²) in [5.41, 5.74) is 4.68. The number of para-hydroxylation sites is 1. The molecule has 0 saturated carbocycles. The number of aromatic hydroxyl groups is 1. The van der Waals surface area contributed by atoms with Crippen LogP contribution < -0.4 is 10.2 Å². The highest BCUT2D eigenvalue weighted by molar-refractivity contribution is 6.00. The van der Waals surface area contributed by atoms with Gasteiger partial charge in [-0.15, -0.1) is 0 Å². The number of hydrazone groups is 1. The van der Waals surface area contributed by atoms with Crippen molar-refractivity contribution in [3.8, 4) is 11.5 Å². The minimum Gasteiger partial charge on any atom is -0.504 e. The van der Waals surface area contributed by atoms with E-state index in [2.05, 4.69) is 15.5 Å². The maximum absolute atomic E-state index is 12.0. The Balaban J connectivity index is 1.73. The fourth-order valence-electron chi connectivity index (χ4n) is 2.24. The van der Waals surface area contributed by atoms with Gasteiger partial charge in [-0.2, -0.15) is 5.10 Å². The molecular formula is C17H15N3O3. The molecule has 1 heterocycles. The number of carbonyl (C=O) groups excluding carboxylic acids is 1. The Bertz CT molecular complexity index is 884. The predicted octanol–water partition coefficient (Wildman–Crippen LogP) is 2.65. The lowest BCUT2D eigenvalue weighted by Gasteiger charge is -2.05. The smallest absolute Gasteiger partial charge is 0.271 e. The number of carbonyl (C=O) groups is 1. The quantitative estimate of drug-likeness (QED) is 0.511. The van der Waals surface area contributed by atoms with Crippen molar-refractivity contribution in [1.29, 1.82) is 0 Å². The monoisotopic (exact) mass is 309 g/mol. The number of hydrogen-bond donors (Lipinski definition) is 3. The number of aromatic nitrogens is 1. The summed E-state index contributed by atoms with van der Waals surface area (Å²) in [5, 5.41) is 14.5. The zero-order valence-corrected chi connectivity index (χ0v) is 12.4. The van der Waals surface area contributed by atoms with E-state index in [1.807, 2.05) is 30.5 Å². The lowest BCUT2D eigenvalue weighted by Crippen LogP contribution is -2.17. The summed E-state index contributed by atoms with van der Waals surface area (Å²) in [6.07, 6.45) is 3.40. The lowest BCUT2D eigenvalue weighted by atomic mass is 10.2. The molecule has 0 spiro atoms. The van der Waals surface area contributed by atoms with Crippen molar-refractivity contribution in [3.63, 3.8) is 0 Å². The highest BCUT2D eigenvalue weighted by Gasteiger charge is 2.09. The standard InChI is InChI=1S/C17H15N3O3/c1-23-16-8-11(6-7-15(16)21)17(22)20-19-10-12-9-18-14-5-3-2-4-13(12)14/h2-10,18,21H,1H3,(H,20,22)/b19-10+. The molecule has 0 saturated heterocycles. The summed E-state index contributed by atoms with van der Waals surface area (Å²) >= 11 is 0. The molecule has 1 aromatic heterocycles. The number of nitrogens with one attached hydrogen (secondary N) is 2. The molecule has 0 aliphatic rings. The summed E-state index contributed by atoms with van der Waals surface area (Å²) in [6, 6.07) is 12.2. The Hall–Kier alpha value is -3.28. The normalized spacial score (nSPS) is 11.0. The number of phenolic OH excluding ortho intramolecular Hbond substituents is 1. The van der Waals surface area contributed by atoms with Crippen LogP contribution in [0, 0.1) is 0 Å². The Morgan fingerprint density at radius 1 is 1.30 bits per heavy atom. The molecule has 1 amide bonds. The average Bonchev–Trinajstić information content (AvgIpc) is 2.98. The van der Waals surface area contributed by atoms with Crippen LogP contribution in [0.3, 0.4) is 0 Å². The number of phenols is 1. The van der Waals surface area contributed by atoms with Crippen molar-refractivity contribution < 1.29 is 14.6 Å². The Labute approximate surface area is 132 Å². The van der Waals surface area contributed by atoms with Crippen LogP contribution in [0.25, 0.3) is 10.9 Å². The first-order valence-electron chi connectivity index (χ1n) is 6.95. The number of hydrogen-bond acceptors (Lipinski definition) is 4. The largest absolute Gasteiger partial charge is 0.504 e. The average molecular weight is 309 g/mol. The molecular weight excluding hydrogens is 294 g/mol. The van der Waals surface area contributed by atoms with Gasteiger partial charge in [-0.25, -0.2) is 5.43 Å². The van der Waals surface area contributed by atoms with Crippen molar-refractivity contribution in [2.75, 3.05) is 7.11 Å². The van der Waals surface area contributed by atoms with Crippen LogP contribution in [0.2, 0.25) is 0 Å². The van der Waals surface area contributed by atoms with E-state index in [1.54, 1.807) is 6.21 Å². The van der Waals surface area contributed by atoms with Crippen LogP contribution in [-0.2, 0) is 0 Å². The summed E-state index contributed by atoms with van der Waals surface area (Å²) in [5.74, 6) is -0.177. The first kappa shape index (κ1) is 14.6. The summed E-state index contributed by atoms with van der Waals surface area (Å²) in [4.78, 5) is 15.2. The molecule has 0 radical (unpaired) electrons. The molecule has 6 nitrogen and oxygen atoms in total. The third-order valence-electron chi connectivity index (χ3n) is 3.43. The van der Waals surface area contributed by atoms with E-state index in [9.17, 15) is 9.90 Å². The van der Waals surface area contributed by atoms with E-state index in [0.717, 1.165) is 16.5 Å². The number of amides is 1. The van der Waals surface area contributed by atoms with Crippen LogP contribution in [-0.4, -0.2) is 29.3 Å². The third-order valence-corrected chi connectivity index (χ3v) is 3.43. The Kier molecular flexibility index (Phi) is 3.97. The van der Waals surface area contributed by atoms with Gasteiger partial charge in [0.15, 0.2) is 11.5 Å². The first-order valence-corrected chi connectivity index (χ1v) is 6.95. The fraction of sp³-hybridized carbons (Fsp3) is 0.0588. The highest BCUT2D eigenvalue weighted by atomic mass is 16.5. The minimum atomic E-state index is -0.389. The Morgan fingerprint density at radius 2 is 2.13 bits per heavy atom. The summed E-state index contributed by atoms with van der Waals surface area (Å²) < 4.78 is 4.97. The second-order valence-electron chi connectivity index (χ2n) is 4.88. The van der Waals surface area contributed by atoms with Gasteiger partial charge in [0.05, 0.1) is 13.3 Å². The van der Waals surface area contributed by atoms with Crippen LogP contribution in [0.4, 0.5) is 0 Å². The van der Waals surface area contributed by atoms with Crippen molar-refractivity contribution in [2.45, 2.75) is 0 Å². The number of H-pyrrole nitrogens is 1. The van der Waals surface area contributed by atoms with E-state index in [1.165, 1.54) is 25.3 Å². The maximum atomic E-state index is 12.0. The van der Waals surface area contributed by atoms with E-state index in [0.29, 0.717) is 5.56 Å². The Morgan fingerprint density at radius 3 is 2.96 bits per heavy atom. The number of aromatic amines is 1. The van der Waals surface area contributed by atoms with Crippen molar-refractivity contribution in [2.24, 2.45) is 5.10 Å². The van der Waals surface area contributed by atoms with Gasteiger partial charge < -0.3 is 14.8 Å². The zero-order chi connectivity index (χ0) is 16.2. The molecule has 3 N–H and O–H groups in total. The second kappa shape index (κ2) is 6.23. The van der Waals surface area contributed by atoms with Gasteiger partial charge in [-0.05, 0) is 24.3 Å². The number of benzene rings is 2. The molecule has 0 unspecified atom stereocenters. The van der Waals surface area contributed by atoms with Gasteiger partial charge in [0, 0.05) is 28.2 Å². The van der Waals surface area contributed by atoms with Gasteiger partial charge in [0.2, 0.25) is 0 Å². The minimum absolute atomic E-state index is 0.0219. The zero-order valence-electron chi connectivity index (χ0n) is 12.4. The van der Waals surface area contributed by atoms with Gasteiger partial charge >= 0.3 is 0 Å². The second-order valence-corrected chi connectivity index (χ2v) is 4.88. The topological polar surface area (TPSA) is 86.7 Å². The van der Waals surface area contributed by atoms with Crippen molar-refractivity contribution in [1.82, 2.24) is 10.4 Å². The molecule has 0 aliphatic heterocycles. The molecule has 0 atom stereocenters. The van der Waals surface area contributed by atoms with Crippen LogP contribution in [0.1, 0.15) is 15.9 Å². The summed E-state index contributed by atoms with van der Waals surface area (Å²) in [7, 11) is 1.42.